The van der Waals surface area contributed by atoms with E-state index in [1.165, 1.54) is 6.20 Å². The van der Waals surface area contributed by atoms with E-state index in [-0.39, 0.29) is 11.4 Å². The number of Topliss-reactive ketones (excluding diaryl/α,β-unsaturated/α-hetero) is 1. The fourth-order valence-electron chi connectivity index (χ4n) is 1.87. The number of hydrogen-bond donors (Lipinski definition) is 0. The van der Waals surface area contributed by atoms with Gasteiger partial charge in [-0.1, -0.05) is 0 Å². The summed E-state index contributed by atoms with van der Waals surface area (Å²) in [6.45, 7) is 0. The molecule has 0 atom stereocenters. The van der Waals surface area contributed by atoms with Gasteiger partial charge in [-0.15, -0.1) is 0 Å². The summed E-state index contributed by atoms with van der Waals surface area (Å²) >= 11 is 0. The number of carbonyl (C=O) groups excluding carboxylic acids is 2. The van der Waals surface area contributed by atoms with Crippen LogP contribution in [0.1, 0.15) is 16.1 Å². The topological polar surface area (TPSA) is 59.9 Å². The Hall–Kier alpha value is -2.36. The molecule has 0 aromatic carbocycles. The standard InChI is InChI=1S/C12H6N2O2/c15-6-8-5-7-1-3-13-9-2-4-14-11(10(7)9)12(8)16/h1-6H. The molecular formula is C12H6N2O2. The molecule has 0 unspecified atom stereocenters. The average molecular weight is 210 g/mol. The highest BCUT2D eigenvalue weighted by Gasteiger charge is 2.22. The summed E-state index contributed by atoms with van der Waals surface area (Å²) in [5, 5.41) is 0.723. The lowest BCUT2D eigenvalue weighted by Crippen LogP contribution is -2.12. The second-order valence-electron chi connectivity index (χ2n) is 3.50. The minimum Gasteiger partial charge on any atom is -0.298 e. The van der Waals surface area contributed by atoms with Crippen molar-refractivity contribution in [1.29, 1.82) is 0 Å². The van der Waals surface area contributed by atoms with E-state index in [1.807, 2.05) is 0 Å². The van der Waals surface area contributed by atoms with Crippen molar-refractivity contribution in [2.75, 3.05) is 0 Å². The number of carbonyl (C=O) groups is 2. The molecule has 0 bridgehead atoms. The number of pyridine rings is 2. The predicted molar refractivity (Wildman–Crippen MR) is 57.9 cm³/mol. The van der Waals surface area contributed by atoms with Crippen LogP contribution in [-0.2, 0) is 4.79 Å². The summed E-state index contributed by atoms with van der Waals surface area (Å²) < 4.78 is 0. The third-order valence-electron chi connectivity index (χ3n) is 2.60. The first-order valence-electron chi connectivity index (χ1n) is 4.76. The van der Waals surface area contributed by atoms with Gasteiger partial charge in [0.05, 0.1) is 11.1 Å². The van der Waals surface area contributed by atoms with Gasteiger partial charge in [-0.25, -0.2) is 0 Å². The molecule has 1 aliphatic rings. The molecule has 0 saturated carbocycles. The molecule has 0 fully saturated rings. The molecule has 0 saturated heterocycles. The Balaban J connectivity index is 2.50. The van der Waals surface area contributed by atoms with Gasteiger partial charge in [0.25, 0.3) is 0 Å². The Morgan fingerprint density at radius 1 is 1.12 bits per heavy atom. The lowest BCUT2D eigenvalue weighted by Gasteiger charge is -2.11. The summed E-state index contributed by atoms with van der Waals surface area (Å²) in [6.07, 6.45) is 5.32. The molecule has 2 heterocycles. The van der Waals surface area contributed by atoms with Crippen molar-refractivity contribution in [3.05, 3.63) is 41.4 Å². The SMILES string of the molecule is O=CC1=Cc2ccnc3ccnc(c23)C1=O. The Labute approximate surface area is 90.6 Å². The molecule has 2 aromatic heterocycles. The van der Waals surface area contributed by atoms with Crippen molar-refractivity contribution in [2.24, 2.45) is 0 Å². The van der Waals surface area contributed by atoms with Crippen LogP contribution >= 0.6 is 0 Å². The van der Waals surface area contributed by atoms with Crippen molar-refractivity contribution < 1.29 is 9.59 Å². The molecule has 0 aliphatic heterocycles. The van der Waals surface area contributed by atoms with E-state index in [1.54, 1.807) is 24.4 Å². The largest absolute Gasteiger partial charge is 0.298 e. The predicted octanol–water partition coefficient (Wildman–Crippen LogP) is 1.41. The van der Waals surface area contributed by atoms with Crippen molar-refractivity contribution in [2.45, 2.75) is 0 Å². The van der Waals surface area contributed by atoms with E-state index in [2.05, 4.69) is 9.97 Å². The van der Waals surface area contributed by atoms with E-state index in [0.717, 1.165) is 16.5 Å². The lowest BCUT2D eigenvalue weighted by atomic mass is 9.94. The first-order chi connectivity index (χ1) is 7.81. The molecule has 2 aromatic rings. The van der Waals surface area contributed by atoms with Gasteiger partial charge < -0.3 is 0 Å². The molecule has 4 heteroatoms. The van der Waals surface area contributed by atoms with Gasteiger partial charge in [-0.3, -0.25) is 19.6 Å². The van der Waals surface area contributed by atoms with Gasteiger partial charge in [0.1, 0.15) is 5.69 Å². The Kier molecular flexibility index (Phi) is 1.71. The summed E-state index contributed by atoms with van der Waals surface area (Å²) in [5.41, 5.74) is 1.98. The fourth-order valence-corrected chi connectivity index (χ4v) is 1.87. The quantitative estimate of drug-likeness (QED) is 0.527. The van der Waals surface area contributed by atoms with Gasteiger partial charge >= 0.3 is 0 Å². The molecule has 3 rings (SSSR count). The van der Waals surface area contributed by atoms with Gasteiger partial charge in [0, 0.05) is 17.8 Å². The third-order valence-corrected chi connectivity index (χ3v) is 2.60. The molecule has 76 valence electrons. The Morgan fingerprint density at radius 2 is 1.94 bits per heavy atom. The van der Waals surface area contributed by atoms with Gasteiger partial charge in [-0.2, -0.15) is 0 Å². The molecular weight excluding hydrogens is 204 g/mol. The van der Waals surface area contributed by atoms with Crippen LogP contribution < -0.4 is 0 Å². The highest BCUT2D eigenvalue weighted by molar-refractivity contribution is 6.29. The number of rotatable bonds is 1. The van der Waals surface area contributed by atoms with Crippen LogP contribution in [0.2, 0.25) is 0 Å². The average Bonchev–Trinajstić information content (AvgIpc) is 2.33. The zero-order valence-corrected chi connectivity index (χ0v) is 8.18. The van der Waals surface area contributed by atoms with Crippen LogP contribution in [0.25, 0.3) is 17.0 Å². The Morgan fingerprint density at radius 3 is 2.75 bits per heavy atom. The number of allylic oxidation sites excluding steroid dienone is 1. The molecule has 16 heavy (non-hydrogen) atoms. The maximum Gasteiger partial charge on any atom is 0.215 e. The maximum atomic E-state index is 11.8. The van der Waals surface area contributed by atoms with Crippen molar-refractivity contribution >= 4 is 29.0 Å². The van der Waals surface area contributed by atoms with E-state index < -0.39 is 0 Å². The summed E-state index contributed by atoms with van der Waals surface area (Å²) in [6, 6.07) is 3.51. The number of aldehydes is 1. The second-order valence-corrected chi connectivity index (χ2v) is 3.50. The van der Waals surface area contributed by atoms with Crippen molar-refractivity contribution in [1.82, 2.24) is 9.97 Å². The molecule has 0 N–H and O–H groups in total. The van der Waals surface area contributed by atoms with Gasteiger partial charge in [0.15, 0.2) is 6.29 Å². The fraction of sp³-hybridized carbons (Fsp3) is 0. The maximum absolute atomic E-state index is 11.8. The van der Waals surface area contributed by atoms with Crippen LogP contribution in [0.15, 0.2) is 30.1 Å². The number of ketones is 1. The van der Waals surface area contributed by atoms with E-state index in [0.29, 0.717) is 12.0 Å². The zero-order chi connectivity index (χ0) is 11.1. The summed E-state index contributed by atoms with van der Waals surface area (Å²) in [5.74, 6) is -0.332. The molecule has 4 nitrogen and oxygen atoms in total. The van der Waals surface area contributed by atoms with Crippen LogP contribution in [0.3, 0.4) is 0 Å². The van der Waals surface area contributed by atoms with E-state index in [4.69, 9.17) is 0 Å². The van der Waals surface area contributed by atoms with Crippen molar-refractivity contribution in [3.8, 4) is 0 Å². The van der Waals surface area contributed by atoms with Gasteiger partial charge in [-0.05, 0) is 23.8 Å². The lowest BCUT2D eigenvalue weighted by molar-refractivity contribution is -0.104. The molecule has 0 spiro atoms. The van der Waals surface area contributed by atoms with Crippen LogP contribution in [0.4, 0.5) is 0 Å². The first-order valence-corrected chi connectivity index (χ1v) is 4.76. The molecule has 1 aliphatic carbocycles. The third kappa shape index (κ3) is 1.04. The minimum atomic E-state index is -0.332. The smallest absolute Gasteiger partial charge is 0.215 e. The van der Waals surface area contributed by atoms with Crippen LogP contribution in [-0.4, -0.2) is 22.0 Å². The van der Waals surface area contributed by atoms with Crippen molar-refractivity contribution in [3.63, 3.8) is 0 Å². The van der Waals surface area contributed by atoms with Crippen LogP contribution in [0.5, 0.6) is 0 Å². The number of hydrogen-bond acceptors (Lipinski definition) is 4. The monoisotopic (exact) mass is 210 g/mol. The van der Waals surface area contributed by atoms with Crippen LogP contribution in [0, 0.1) is 0 Å². The number of nitrogens with zero attached hydrogens (tertiary/aromatic N) is 2. The molecule has 0 radical (unpaired) electrons. The second kappa shape index (κ2) is 3.06. The summed E-state index contributed by atoms with van der Waals surface area (Å²) in [7, 11) is 0. The van der Waals surface area contributed by atoms with E-state index >= 15 is 0 Å². The highest BCUT2D eigenvalue weighted by Crippen LogP contribution is 2.27. The molecule has 0 amide bonds. The minimum absolute atomic E-state index is 0.138. The Bertz CT molecular complexity index is 654. The zero-order valence-electron chi connectivity index (χ0n) is 8.18. The first kappa shape index (κ1) is 8.91. The number of aromatic nitrogens is 2. The summed E-state index contributed by atoms with van der Waals surface area (Å²) in [4.78, 5) is 30.8. The highest BCUT2D eigenvalue weighted by atomic mass is 16.1. The van der Waals surface area contributed by atoms with Gasteiger partial charge in [0.2, 0.25) is 5.78 Å². The van der Waals surface area contributed by atoms with E-state index in [9.17, 15) is 9.59 Å². The normalized spacial score (nSPS) is 13.8.